The number of benzene rings is 1. The van der Waals surface area contributed by atoms with Gasteiger partial charge in [0.25, 0.3) is 0 Å². The molecule has 0 heterocycles. The van der Waals surface area contributed by atoms with Crippen LogP contribution in [0.15, 0.2) is 43.0 Å². The average molecular weight is 230 g/mol. The second kappa shape index (κ2) is 9.70. The molecule has 0 saturated carbocycles. The number of hydrogen-bond acceptors (Lipinski definition) is 2. The van der Waals surface area contributed by atoms with Crippen LogP contribution in [0.3, 0.4) is 0 Å². The fourth-order valence-electron chi connectivity index (χ4n) is 0.884. The average Bonchev–Trinajstić information content (AvgIpc) is 2.29. The van der Waals surface area contributed by atoms with E-state index in [1.165, 1.54) is 0 Å². The molecular formula is C12H15LiO4. The monoisotopic (exact) mass is 230 g/mol. The Bertz CT molecular complexity index is 368. The first-order valence-electron chi connectivity index (χ1n) is 4.62. The third-order valence-electron chi connectivity index (χ3n) is 1.84. The van der Waals surface area contributed by atoms with Gasteiger partial charge in [0.05, 0.1) is 5.92 Å². The van der Waals surface area contributed by atoms with Crippen LogP contribution in [0.25, 0.3) is 0 Å². The van der Waals surface area contributed by atoms with Gasteiger partial charge in [0.15, 0.2) is 0 Å². The molecule has 2 N–H and O–H groups in total. The van der Waals surface area contributed by atoms with Crippen LogP contribution in [0.1, 0.15) is 19.8 Å². The zero-order valence-electron chi connectivity index (χ0n) is 11.0. The van der Waals surface area contributed by atoms with Gasteiger partial charge in [0, 0.05) is 6.08 Å². The second-order valence-electron chi connectivity index (χ2n) is 3.01. The molecule has 5 heteroatoms. The van der Waals surface area contributed by atoms with Gasteiger partial charge < -0.3 is 11.6 Å². The van der Waals surface area contributed by atoms with E-state index in [4.69, 9.17) is 10.2 Å². The normalized spacial score (nSPS) is 9.94. The molecule has 0 bridgehead atoms. The molecule has 0 aliphatic heterocycles. The van der Waals surface area contributed by atoms with Crippen molar-refractivity contribution in [1.82, 2.24) is 0 Å². The van der Waals surface area contributed by atoms with Gasteiger partial charge in [0.2, 0.25) is 0 Å². The van der Waals surface area contributed by atoms with E-state index in [0.717, 1.165) is 11.6 Å². The Kier molecular flexibility index (Phi) is 10.2. The summed E-state index contributed by atoms with van der Waals surface area (Å²) in [5.41, 5.74) is 0.847. The summed E-state index contributed by atoms with van der Waals surface area (Å²) in [6, 6.07) is 9.19. The third kappa shape index (κ3) is 8.32. The Labute approximate surface area is 114 Å². The Morgan fingerprint density at radius 1 is 1.29 bits per heavy atom. The van der Waals surface area contributed by atoms with E-state index in [-0.39, 0.29) is 20.3 Å². The molecule has 4 nitrogen and oxygen atoms in total. The van der Waals surface area contributed by atoms with Gasteiger partial charge in [-0.2, -0.15) is 0 Å². The smallest absolute Gasteiger partial charge is 1.00 e. The van der Waals surface area contributed by atoms with Crippen molar-refractivity contribution in [3.8, 4) is 0 Å². The number of carboxylic acid groups (broad SMARTS) is 2. The molecule has 17 heavy (non-hydrogen) atoms. The molecule has 0 spiro atoms. The van der Waals surface area contributed by atoms with E-state index in [0.29, 0.717) is 0 Å². The number of carboxylic acids is 2. The Morgan fingerprint density at radius 3 is 2.00 bits per heavy atom. The quantitative estimate of drug-likeness (QED) is 0.529. The minimum Gasteiger partial charge on any atom is -1.00 e. The van der Waals surface area contributed by atoms with Gasteiger partial charge >= 0.3 is 30.8 Å². The fraction of sp³-hybridized carbons (Fsp3) is 0.167. The van der Waals surface area contributed by atoms with E-state index < -0.39 is 17.9 Å². The van der Waals surface area contributed by atoms with Crippen molar-refractivity contribution >= 4 is 11.9 Å². The maximum atomic E-state index is 10.5. The van der Waals surface area contributed by atoms with Gasteiger partial charge in [-0.15, -0.1) is 0 Å². The molecule has 1 rings (SSSR count). The van der Waals surface area contributed by atoms with E-state index in [1.54, 1.807) is 6.92 Å². The zero-order valence-corrected chi connectivity index (χ0v) is 9.96. The van der Waals surface area contributed by atoms with Gasteiger partial charge in [0.1, 0.15) is 0 Å². The van der Waals surface area contributed by atoms with Crippen LogP contribution >= 0.6 is 0 Å². The summed E-state index contributed by atoms with van der Waals surface area (Å²) in [4.78, 5) is 19.7. The molecule has 0 aliphatic carbocycles. The maximum absolute atomic E-state index is 10.5. The Balaban J connectivity index is -0.000000282. The summed E-state index contributed by atoms with van der Waals surface area (Å²) in [6.07, 6.45) is 0.833. The van der Waals surface area contributed by atoms with Crippen LogP contribution in [0.2, 0.25) is 0 Å². The maximum Gasteiger partial charge on any atom is 1.00 e. The van der Waals surface area contributed by atoms with Crippen LogP contribution < -0.4 is 18.9 Å². The van der Waals surface area contributed by atoms with Gasteiger partial charge in [-0.05, 0) is 12.5 Å². The molecule has 0 amide bonds. The first kappa shape index (κ1) is 17.9. The van der Waals surface area contributed by atoms with E-state index >= 15 is 0 Å². The van der Waals surface area contributed by atoms with Crippen molar-refractivity contribution in [3.63, 3.8) is 0 Å². The van der Waals surface area contributed by atoms with Crippen molar-refractivity contribution in [2.24, 2.45) is 0 Å². The number of aliphatic carboxylic acids is 2. The zero-order chi connectivity index (χ0) is 12.6. The SMILES string of the molecule is C=CC(=O)O.CC(C(=O)O)c1ccccc1.[H-].[Li+]. The first-order valence-corrected chi connectivity index (χ1v) is 4.62. The topological polar surface area (TPSA) is 74.6 Å². The summed E-state index contributed by atoms with van der Waals surface area (Å²) in [5, 5.41) is 16.2. The van der Waals surface area contributed by atoms with Gasteiger partial charge in [-0.25, -0.2) is 4.79 Å². The van der Waals surface area contributed by atoms with E-state index in [1.807, 2.05) is 30.3 Å². The standard InChI is InChI=1S/C9H10O2.C3H4O2.Li.H/c1-7(9(10)11)8-5-3-2-4-6-8;1-2-3(4)5;;/h2-7H,1H3,(H,10,11);2H,1H2,(H,4,5);;/q;;+1;-1. The Morgan fingerprint density at radius 2 is 1.71 bits per heavy atom. The second-order valence-corrected chi connectivity index (χ2v) is 3.01. The van der Waals surface area contributed by atoms with Crippen LogP contribution in [-0.4, -0.2) is 22.2 Å². The minimum atomic E-state index is -0.981. The van der Waals surface area contributed by atoms with Crippen LogP contribution in [-0.2, 0) is 9.59 Å². The van der Waals surface area contributed by atoms with Crippen molar-refractivity contribution in [2.75, 3.05) is 0 Å². The summed E-state index contributed by atoms with van der Waals surface area (Å²) < 4.78 is 0. The predicted molar refractivity (Wildman–Crippen MR) is 61.4 cm³/mol. The minimum absolute atomic E-state index is 0. The molecule has 0 aromatic heterocycles. The molecule has 0 radical (unpaired) electrons. The van der Waals surface area contributed by atoms with Crippen molar-refractivity contribution in [3.05, 3.63) is 48.6 Å². The fourth-order valence-corrected chi connectivity index (χ4v) is 0.884. The van der Waals surface area contributed by atoms with Crippen LogP contribution in [0, 0.1) is 0 Å². The summed E-state index contributed by atoms with van der Waals surface area (Å²) in [6.45, 7) is 4.64. The predicted octanol–water partition coefficient (Wildman–Crippen LogP) is -0.752. The van der Waals surface area contributed by atoms with E-state index in [9.17, 15) is 9.59 Å². The summed E-state index contributed by atoms with van der Waals surface area (Å²) in [5.74, 6) is -2.17. The first-order chi connectivity index (χ1) is 7.49. The largest absolute Gasteiger partial charge is 1.00 e. The molecule has 0 aliphatic rings. The van der Waals surface area contributed by atoms with Crippen molar-refractivity contribution in [1.29, 1.82) is 0 Å². The molecule has 1 atom stereocenters. The number of carbonyl (C=O) groups is 2. The molecule has 0 fully saturated rings. The van der Waals surface area contributed by atoms with Crippen molar-refractivity contribution < 1.29 is 40.1 Å². The third-order valence-corrected chi connectivity index (χ3v) is 1.84. The van der Waals surface area contributed by atoms with E-state index in [2.05, 4.69) is 6.58 Å². The number of hydrogen-bond donors (Lipinski definition) is 2. The Hall–Kier alpha value is -1.50. The number of rotatable bonds is 3. The molecule has 1 aromatic rings. The summed E-state index contributed by atoms with van der Waals surface area (Å²) in [7, 11) is 0. The van der Waals surface area contributed by atoms with Gasteiger partial charge in [-0.3, -0.25) is 4.79 Å². The van der Waals surface area contributed by atoms with Crippen LogP contribution in [0.4, 0.5) is 0 Å². The summed E-state index contributed by atoms with van der Waals surface area (Å²) >= 11 is 0. The molecule has 88 valence electrons. The molecule has 0 saturated heterocycles. The van der Waals surface area contributed by atoms with Crippen LogP contribution in [0.5, 0.6) is 0 Å². The van der Waals surface area contributed by atoms with Gasteiger partial charge in [-0.1, -0.05) is 36.9 Å². The van der Waals surface area contributed by atoms with Crippen molar-refractivity contribution in [2.45, 2.75) is 12.8 Å². The molecular weight excluding hydrogens is 215 g/mol. The molecule has 1 unspecified atom stereocenters. The molecule has 1 aromatic carbocycles.